The Morgan fingerprint density at radius 2 is 1.70 bits per heavy atom. The van der Waals surface area contributed by atoms with Gasteiger partial charge in [0.05, 0.1) is 17.7 Å². The van der Waals surface area contributed by atoms with Crippen molar-refractivity contribution in [1.82, 2.24) is 0 Å². The number of sulfone groups is 1. The van der Waals surface area contributed by atoms with E-state index in [1.54, 1.807) is 47.4 Å². The highest BCUT2D eigenvalue weighted by Crippen LogP contribution is 2.40. The average Bonchev–Trinajstić information content (AvgIpc) is 2.79. The molecule has 4 rings (SSSR count). The number of Topliss-reactive ketones (excluding diaryl/α,β-unsaturated/α-hetero) is 1. The Bertz CT molecular complexity index is 1240. The molecule has 30 heavy (non-hydrogen) atoms. The van der Waals surface area contributed by atoms with Gasteiger partial charge in [0.15, 0.2) is 0 Å². The normalized spacial score (nSPS) is 14.6. The number of fused-ring (bicyclic) bond motifs is 1. The molecule has 0 aromatic heterocycles. The summed E-state index contributed by atoms with van der Waals surface area (Å²) < 4.78 is 31.7. The van der Waals surface area contributed by atoms with E-state index in [1.807, 2.05) is 24.3 Å². The van der Waals surface area contributed by atoms with Crippen LogP contribution in [0.5, 0.6) is 5.75 Å². The van der Waals surface area contributed by atoms with Gasteiger partial charge in [0.25, 0.3) is 0 Å². The summed E-state index contributed by atoms with van der Waals surface area (Å²) in [6.45, 7) is 2.06. The molecule has 0 aliphatic carbocycles. The van der Waals surface area contributed by atoms with Crippen LogP contribution in [0.4, 0.5) is 11.4 Å². The van der Waals surface area contributed by atoms with Gasteiger partial charge in [-0.1, -0.05) is 31.2 Å². The molecule has 152 valence electrons. The number of carbonyl (C=O) groups excluding carboxylic acids is 1. The summed E-state index contributed by atoms with van der Waals surface area (Å²) in [5, 5.41) is 0. The second-order valence-electron chi connectivity index (χ2n) is 6.92. The topological polar surface area (TPSA) is 63.7 Å². The molecule has 3 aromatic carbocycles. The van der Waals surface area contributed by atoms with Crippen molar-refractivity contribution < 1.29 is 17.9 Å². The van der Waals surface area contributed by atoms with E-state index in [1.165, 1.54) is 19.4 Å². The molecule has 0 radical (unpaired) electrons. The van der Waals surface area contributed by atoms with Crippen LogP contribution >= 0.6 is 0 Å². The van der Waals surface area contributed by atoms with Crippen LogP contribution in [-0.4, -0.2) is 21.3 Å². The fourth-order valence-electron chi connectivity index (χ4n) is 3.46. The van der Waals surface area contributed by atoms with Gasteiger partial charge in [0, 0.05) is 17.5 Å². The SMILES string of the molecule is CCc1cccc(N2C=C(C(=O)c3ccc(OC)cc3)S(=O)(=O)c3ccccc32)c1. The predicted molar refractivity (Wildman–Crippen MR) is 117 cm³/mol. The van der Waals surface area contributed by atoms with Crippen molar-refractivity contribution in [1.29, 1.82) is 0 Å². The number of aryl methyl sites for hydroxylation is 1. The van der Waals surface area contributed by atoms with E-state index in [-0.39, 0.29) is 15.4 Å². The van der Waals surface area contributed by atoms with Gasteiger partial charge in [-0.2, -0.15) is 0 Å². The van der Waals surface area contributed by atoms with Crippen LogP contribution in [0.3, 0.4) is 0 Å². The molecule has 0 saturated heterocycles. The largest absolute Gasteiger partial charge is 0.497 e. The van der Waals surface area contributed by atoms with Crippen molar-refractivity contribution in [2.24, 2.45) is 0 Å². The zero-order valence-electron chi connectivity index (χ0n) is 16.7. The fourth-order valence-corrected chi connectivity index (χ4v) is 5.01. The first-order valence-corrected chi connectivity index (χ1v) is 11.1. The number of ether oxygens (including phenoxy) is 1. The molecule has 0 N–H and O–H groups in total. The number of nitrogens with zero attached hydrogens (tertiary/aromatic N) is 1. The van der Waals surface area contributed by atoms with Crippen LogP contribution in [0.1, 0.15) is 22.8 Å². The second-order valence-corrected chi connectivity index (χ2v) is 8.80. The Labute approximate surface area is 176 Å². The Hall–Kier alpha value is -3.38. The van der Waals surface area contributed by atoms with Gasteiger partial charge >= 0.3 is 0 Å². The Morgan fingerprint density at radius 3 is 2.40 bits per heavy atom. The standard InChI is InChI=1S/C24H21NO4S/c1-3-17-7-6-8-19(15-17)25-16-23(24(26)18-11-13-20(29-2)14-12-18)30(27,28)22-10-5-4-9-21(22)25/h4-16H,3H2,1-2H3. The van der Waals surface area contributed by atoms with Gasteiger partial charge in [0.1, 0.15) is 10.7 Å². The number of carbonyl (C=O) groups is 1. The maximum atomic E-state index is 13.3. The van der Waals surface area contributed by atoms with Gasteiger partial charge in [-0.3, -0.25) is 4.79 Å². The van der Waals surface area contributed by atoms with E-state index in [4.69, 9.17) is 4.74 Å². The molecule has 6 heteroatoms. The number of benzene rings is 3. The minimum Gasteiger partial charge on any atom is -0.497 e. The number of allylic oxidation sites excluding steroid dienone is 1. The molecule has 0 unspecified atom stereocenters. The number of rotatable bonds is 5. The average molecular weight is 420 g/mol. The summed E-state index contributed by atoms with van der Waals surface area (Å²) in [5.74, 6) is 0.0409. The van der Waals surface area contributed by atoms with Crippen LogP contribution in [0.2, 0.25) is 0 Å². The molecule has 0 spiro atoms. The Kier molecular flexibility index (Phi) is 5.18. The van der Waals surface area contributed by atoms with Crippen LogP contribution in [0.25, 0.3) is 0 Å². The number of methoxy groups -OCH3 is 1. The van der Waals surface area contributed by atoms with E-state index in [9.17, 15) is 13.2 Å². The molecule has 0 atom stereocenters. The molecule has 1 aliphatic heterocycles. The highest BCUT2D eigenvalue weighted by Gasteiger charge is 2.36. The van der Waals surface area contributed by atoms with Crippen molar-refractivity contribution in [2.75, 3.05) is 12.0 Å². The predicted octanol–water partition coefficient (Wildman–Crippen LogP) is 4.91. The Morgan fingerprint density at radius 1 is 0.967 bits per heavy atom. The highest BCUT2D eigenvalue weighted by molar-refractivity contribution is 7.96. The minimum absolute atomic E-state index is 0.117. The van der Waals surface area contributed by atoms with Crippen LogP contribution in [0.15, 0.2) is 88.8 Å². The third kappa shape index (κ3) is 3.39. The molecular formula is C24H21NO4S. The Balaban J connectivity index is 1.88. The number of para-hydroxylation sites is 1. The van der Waals surface area contributed by atoms with Crippen molar-refractivity contribution >= 4 is 27.0 Å². The summed E-state index contributed by atoms with van der Waals surface area (Å²) in [7, 11) is -2.43. The lowest BCUT2D eigenvalue weighted by atomic mass is 10.1. The molecule has 5 nitrogen and oxygen atoms in total. The van der Waals surface area contributed by atoms with E-state index in [2.05, 4.69) is 6.92 Å². The summed E-state index contributed by atoms with van der Waals surface area (Å²) in [4.78, 5) is 14.8. The van der Waals surface area contributed by atoms with Gasteiger partial charge in [-0.15, -0.1) is 0 Å². The molecule has 3 aromatic rings. The lowest BCUT2D eigenvalue weighted by Gasteiger charge is -2.29. The monoisotopic (exact) mass is 419 g/mol. The maximum Gasteiger partial charge on any atom is 0.214 e. The van der Waals surface area contributed by atoms with Crippen molar-refractivity contribution in [2.45, 2.75) is 18.2 Å². The molecule has 1 heterocycles. The highest BCUT2D eigenvalue weighted by atomic mass is 32.2. The fraction of sp³-hybridized carbons (Fsp3) is 0.125. The van der Waals surface area contributed by atoms with E-state index >= 15 is 0 Å². The minimum atomic E-state index is -3.96. The molecule has 0 amide bonds. The van der Waals surface area contributed by atoms with E-state index in [0.29, 0.717) is 11.4 Å². The first-order valence-electron chi connectivity index (χ1n) is 9.58. The number of hydrogen-bond acceptors (Lipinski definition) is 5. The van der Waals surface area contributed by atoms with Crippen molar-refractivity contribution in [3.8, 4) is 5.75 Å². The molecular weight excluding hydrogens is 398 g/mol. The third-order valence-corrected chi connectivity index (χ3v) is 6.92. The number of ketones is 1. The lowest BCUT2D eigenvalue weighted by Crippen LogP contribution is -2.25. The number of anilines is 2. The van der Waals surface area contributed by atoms with Gasteiger partial charge < -0.3 is 9.64 Å². The van der Waals surface area contributed by atoms with Crippen molar-refractivity contribution in [3.05, 3.63) is 95.0 Å². The molecule has 0 bridgehead atoms. The maximum absolute atomic E-state index is 13.3. The zero-order valence-corrected chi connectivity index (χ0v) is 17.5. The van der Waals surface area contributed by atoms with Crippen LogP contribution in [0, 0.1) is 0 Å². The third-order valence-electron chi connectivity index (χ3n) is 5.12. The van der Waals surface area contributed by atoms with Gasteiger partial charge in [0.2, 0.25) is 15.6 Å². The smallest absolute Gasteiger partial charge is 0.214 e. The quantitative estimate of drug-likeness (QED) is 0.550. The van der Waals surface area contributed by atoms with Gasteiger partial charge in [-0.25, -0.2) is 8.42 Å². The first kappa shape index (κ1) is 19.9. The molecule has 0 fully saturated rings. The van der Waals surface area contributed by atoms with Crippen molar-refractivity contribution in [3.63, 3.8) is 0 Å². The molecule has 1 aliphatic rings. The van der Waals surface area contributed by atoms with E-state index in [0.717, 1.165) is 17.7 Å². The summed E-state index contributed by atoms with van der Waals surface area (Å²) >= 11 is 0. The summed E-state index contributed by atoms with van der Waals surface area (Å²) in [5.41, 5.74) is 2.73. The van der Waals surface area contributed by atoms with Gasteiger partial charge in [-0.05, 0) is 60.5 Å². The first-order chi connectivity index (χ1) is 14.5. The zero-order chi connectivity index (χ0) is 21.3. The molecule has 0 saturated carbocycles. The second kappa shape index (κ2) is 7.80. The summed E-state index contributed by atoms with van der Waals surface area (Å²) in [6.07, 6.45) is 2.28. The summed E-state index contributed by atoms with van der Waals surface area (Å²) in [6, 6.07) is 21.0. The van der Waals surface area contributed by atoms with Crippen LogP contribution in [-0.2, 0) is 16.3 Å². The van der Waals surface area contributed by atoms with Crippen LogP contribution < -0.4 is 9.64 Å². The number of hydrogen-bond donors (Lipinski definition) is 0. The lowest BCUT2D eigenvalue weighted by molar-refractivity contribution is 0.104. The van der Waals surface area contributed by atoms with E-state index < -0.39 is 15.6 Å².